The van der Waals surface area contributed by atoms with Gasteiger partial charge < -0.3 is 4.74 Å². The van der Waals surface area contributed by atoms with Gasteiger partial charge in [-0.25, -0.2) is 8.78 Å². The Balaban J connectivity index is 2.16. The Bertz CT molecular complexity index is 654. The van der Waals surface area contributed by atoms with Gasteiger partial charge in [-0.3, -0.25) is 0 Å². The van der Waals surface area contributed by atoms with Crippen LogP contribution >= 0.6 is 15.9 Å². The minimum absolute atomic E-state index is 0.227. The fourth-order valence-electron chi connectivity index (χ4n) is 1.62. The van der Waals surface area contributed by atoms with Gasteiger partial charge in [-0.1, -0.05) is 12.1 Å². The second-order valence-electron chi connectivity index (χ2n) is 4.16. The summed E-state index contributed by atoms with van der Waals surface area (Å²) in [5, 5.41) is 0. The molecule has 0 atom stereocenters. The van der Waals surface area contributed by atoms with Crippen molar-refractivity contribution >= 4 is 15.9 Å². The number of hydrogen-bond acceptors (Lipinski definition) is 1. The number of halogens is 6. The van der Waals surface area contributed by atoms with E-state index < -0.39 is 23.4 Å². The standard InChI is InChI=1S/C14H8BrF5O/c15-12-10(16)4-5-11(13(12)17)21-7-8-2-1-3-9(6-8)14(18,19)20/h1-6H,7H2. The van der Waals surface area contributed by atoms with Crippen LogP contribution in [0.2, 0.25) is 0 Å². The fraction of sp³-hybridized carbons (Fsp3) is 0.143. The quantitative estimate of drug-likeness (QED) is 0.527. The van der Waals surface area contributed by atoms with E-state index in [-0.39, 0.29) is 22.4 Å². The maximum atomic E-state index is 13.6. The first-order valence-corrected chi connectivity index (χ1v) is 6.51. The Hall–Kier alpha value is -1.63. The minimum atomic E-state index is -4.46. The van der Waals surface area contributed by atoms with Crippen molar-refractivity contribution in [2.24, 2.45) is 0 Å². The van der Waals surface area contributed by atoms with E-state index in [1.54, 1.807) is 0 Å². The zero-order chi connectivity index (χ0) is 15.6. The lowest BCUT2D eigenvalue weighted by Gasteiger charge is -2.11. The Kier molecular flexibility index (Phi) is 4.51. The van der Waals surface area contributed by atoms with Gasteiger partial charge in [0, 0.05) is 0 Å². The molecule has 0 saturated heterocycles. The number of benzene rings is 2. The zero-order valence-corrected chi connectivity index (χ0v) is 11.9. The van der Waals surface area contributed by atoms with E-state index in [9.17, 15) is 22.0 Å². The summed E-state index contributed by atoms with van der Waals surface area (Å²) in [7, 11) is 0. The van der Waals surface area contributed by atoms with Crippen LogP contribution in [0.3, 0.4) is 0 Å². The van der Waals surface area contributed by atoms with Crippen molar-refractivity contribution in [2.75, 3.05) is 0 Å². The van der Waals surface area contributed by atoms with Gasteiger partial charge in [0.2, 0.25) is 0 Å². The lowest BCUT2D eigenvalue weighted by Crippen LogP contribution is -2.06. The van der Waals surface area contributed by atoms with Crippen molar-refractivity contribution in [3.63, 3.8) is 0 Å². The highest BCUT2D eigenvalue weighted by Crippen LogP contribution is 2.31. The van der Waals surface area contributed by atoms with Gasteiger partial charge in [0.05, 0.1) is 10.0 Å². The van der Waals surface area contributed by atoms with Crippen LogP contribution < -0.4 is 4.74 Å². The van der Waals surface area contributed by atoms with Crippen LogP contribution in [-0.2, 0) is 12.8 Å². The van der Waals surface area contributed by atoms with Crippen LogP contribution in [0.1, 0.15) is 11.1 Å². The number of hydrogen-bond donors (Lipinski definition) is 0. The van der Waals surface area contributed by atoms with Gasteiger partial charge in [0.15, 0.2) is 11.6 Å². The molecule has 2 aromatic rings. The Morgan fingerprint density at radius 3 is 2.43 bits per heavy atom. The molecule has 2 rings (SSSR count). The van der Waals surface area contributed by atoms with Crippen molar-refractivity contribution in [3.8, 4) is 5.75 Å². The molecule has 0 aliphatic heterocycles. The highest BCUT2D eigenvalue weighted by molar-refractivity contribution is 9.10. The first-order valence-electron chi connectivity index (χ1n) is 5.71. The third-order valence-electron chi connectivity index (χ3n) is 2.65. The normalized spacial score (nSPS) is 11.5. The van der Waals surface area contributed by atoms with E-state index in [0.29, 0.717) is 0 Å². The van der Waals surface area contributed by atoms with Crippen LogP contribution in [-0.4, -0.2) is 0 Å². The van der Waals surface area contributed by atoms with Crippen molar-refractivity contribution < 1.29 is 26.7 Å². The van der Waals surface area contributed by atoms with Crippen LogP contribution in [0.4, 0.5) is 22.0 Å². The largest absolute Gasteiger partial charge is 0.486 e. The van der Waals surface area contributed by atoms with E-state index in [2.05, 4.69) is 15.9 Å². The monoisotopic (exact) mass is 366 g/mol. The van der Waals surface area contributed by atoms with E-state index in [1.807, 2.05) is 0 Å². The molecule has 0 unspecified atom stereocenters. The van der Waals surface area contributed by atoms with Crippen LogP contribution in [0.5, 0.6) is 5.75 Å². The smallest absolute Gasteiger partial charge is 0.416 e. The highest BCUT2D eigenvalue weighted by Gasteiger charge is 2.30. The predicted octanol–water partition coefficient (Wildman–Crippen LogP) is 5.33. The molecule has 21 heavy (non-hydrogen) atoms. The summed E-state index contributed by atoms with van der Waals surface area (Å²) in [4.78, 5) is 0. The van der Waals surface area contributed by atoms with E-state index in [1.165, 1.54) is 12.1 Å². The molecule has 7 heteroatoms. The van der Waals surface area contributed by atoms with Crippen molar-refractivity contribution in [1.29, 1.82) is 0 Å². The van der Waals surface area contributed by atoms with Crippen molar-refractivity contribution in [2.45, 2.75) is 12.8 Å². The third-order valence-corrected chi connectivity index (χ3v) is 3.38. The average molecular weight is 367 g/mol. The first-order chi connectivity index (χ1) is 9.79. The molecule has 0 aromatic heterocycles. The fourth-order valence-corrected chi connectivity index (χ4v) is 1.95. The molecule has 0 saturated carbocycles. The van der Waals surface area contributed by atoms with E-state index >= 15 is 0 Å². The first kappa shape index (κ1) is 15.8. The minimum Gasteiger partial charge on any atom is -0.486 e. The topological polar surface area (TPSA) is 9.23 Å². The molecule has 0 fully saturated rings. The van der Waals surface area contributed by atoms with Gasteiger partial charge in [0.25, 0.3) is 0 Å². The molecule has 0 aliphatic carbocycles. The van der Waals surface area contributed by atoms with Crippen molar-refractivity contribution in [3.05, 3.63) is 63.6 Å². The van der Waals surface area contributed by atoms with Crippen molar-refractivity contribution in [1.82, 2.24) is 0 Å². The molecule has 2 aromatic carbocycles. The third kappa shape index (κ3) is 3.72. The number of ether oxygens (including phenoxy) is 1. The molecule has 0 heterocycles. The van der Waals surface area contributed by atoms with Gasteiger partial charge in [-0.15, -0.1) is 0 Å². The second kappa shape index (κ2) is 6.01. The molecule has 0 amide bonds. The lowest BCUT2D eigenvalue weighted by atomic mass is 10.1. The lowest BCUT2D eigenvalue weighted by molar-refractivity contribution is -0.137. The van der Waals surface area contributed by atoms with E-state index in [4.69, 9.17) is 4.74 Å². The predicted molar refractivity (Wildman–Crippen MR) is 69.8 cm³/mol. The Morgan fingerprint density at radius 1 is 1.05 bits per heavy atom. The SMILES string of the molecule is Fc1ccc(OCc2cccc(C(F)(F)F)c2)c(F)c1Br. The molecule has 112 valence electrons. The van der Waals surface area contributed by atoms with Crippen LogP contribution in [0.25, 0.3) is 0 Å². The molecule has 0 radical (unpaired) electrons. The Morgan fingerprint density at radius 2 is 1.76 bits per heavy atom. The molecular weight excluding hydrogens is 359 g/mol. The highest BCUT2D eigenvalue weighted by atomic mass is 79.9. The van der Waals surface area contributed by atoms with Crippen LogP contribution in [0.15, 0.2) is 40.9 Å². The summed E-state index contributed by atoms with van der Waals surface area (Å²) in [5.41, 5.74) is -0.589. The molecule has 0 N–H and O–H groups in total. The Labute approximate surface area is 125 Å². The molecule has 0 aliphatic rings. The summed E-state index contributed by atoms with van der Waals surface area (Å²) < 4.78 is 69.0. The van der Waals surface area contributed by atoms with Gasteiger partial charge in [-0.05, 0) is 45.8 Å². The van der Waals surface area contributed by atoms with E-state index in [0.717, 1.165) is 24.3 Å². The average Bonchev–Trinajstić information content (AvgIpc) is 2.43. The molecule has 0 bridgehead atoms. The van der Waals surface area contributed by atoms with Gasteiger partial charge >= 0.3 is 6.18 Å². The summed E-state index contributed by atoms with van der Waals surface area (Å²) in [6.45, 7) is -0.265. The summed E-state index contributed by atoms with van der Waals surface area (Å²) in [5.74, 6) is -1.98. The summed E-state index contributed by atoms with van der Waals surface area (Å²) in [6.07, 6.45) is -4.46. The maximum Gasteiger partial charge on any atom is 0.416 e. The van der Waals surface area contributed by atoms with Crippen LogP contribution in [0, 0.1) is 11.6 Å². The second-order valence-corrected chi connectivity index (χ2v) is 4.95. The molecular formula is C14H8BrF5O. The number of alkyl halides is 3. The number of rotatable bonds is 3. The summed E-state index contributed by atoms with van der Waals surface area (Å²) >= 11 is 2.72. The molecule has 0 spiro atoms. The van der Waals surface area contributed by atoms with Gasteiger partial charge in [0.1, 0.15) is 12.4 Å². The summed E-state index contributed by atoms with van der Waals surface area (Å²) in [6, 6.07) is 6.57. The maximum absolute atomic E-state index is 13.6. The zero-order valence-electron chi connectivity index (χ0n) is 10.3. The molecule has 1 nitrogen and oxygen atoms in total. The van der Waals surface area contributed by atoms with Gasteiger partial charge in [-0.2, -0.15) is 13.2 Å².